The van der Waals surface area contributed by atoms with E-state index in [0.29, 0.717) is 11.3 Å². The summed E-state index contributed by atoms with van der Waals surface area (Å²) >= 11 is 5.73. The number of amides is 1. The van der Waals surface area contributed by atoms with Gasteiger partial charge in [-0.05, 0) is 69.7 Å². The molecule has 10 nitrogen and oxygen atoms in total. The Morgan fingerprint density at radius 2 is 2.05 bits per heavy atom. The molecule has 0 aliphatic carbocycles. The van der Waals surface area contributed by atoms with Crippen LogP contribution >= 0.6 is 6.64 Å². The molecule has 0 spiro atoms. The summed E-state index contributed by atoms with van der Waals surface area (Å²) in [6.45, 7) is 8.36. The van der Waals surface area contributed by atoms with E-state index >= 15 is 0 Å². The summed E-state index contributed by atoms with van der Waals surface area (Å²) in [7, 11) is 0. The second-order valence-corrected chi connectivity index (χ2v) is 12.8. The minimum atomic E-state index is -3.41. The van der Waals surface area contributed by atoms with E-state index in [1.165, 1.54) is 18.0 Å². The average molecular weight is 555 g/mol. The van der Waals surface area contributed by atoms with Crippen molar-refractivity contribution in [3.8, 4) is 5.75 Å². The Morgan fingerprint density at radius 1 is 1.38 bits per heavy atom. The van der Waals surface area contributed by atoms with Gasteiger partial charge in [0.05, 0.1) is 19.1 Å². The summed E-state index contributed by atoms with van der Waals surface area (Å²) in [6.07, 6.45) is -0.743. The molecule has 1 amide bonds. The van der Waals surface area contributed by atoms with Crippen LogP contribution in [0.2, 0.25) is 0 Å². The molecule has 2 aliphatic heterocycles. The molecule has 3 rings (SSSR count). The van der Waals surface area contributed by atoms with Crippen LogP contribution in [0.25, 0.3) is 0 Å². The predicted octanol–water partition coefficient (Wildman–Crippen LogP) is 2.68. The third-order valence-corrected chi connectivity index (χ3v) is 8.41. The number of ether oxygens (including phenoxy) is 2. The van der Waals surface area contributed by atoms with Crippen molar-refractivity contribution < 1.29 is 38.3 Å². The number of aliphatic hydroxyl groups excluding tert-OH is 1. The number of aliphatic hydroxyl groups is 2. The van der Waals surface area contributed by atoms with Crippen LogP contribution in [0, 0.1) is 6.92 Å². The van der Waals surface area contributed by atoms with Crippen LogP contribution in [-0.4, -0.2) is 69.8 Å². The van der Waals surface area contributed by atoms with Crippen molar-refractivity contribution in [2.45, 2.75) is 77.2 Å². The highest BCUT2D eigenvalue weighted by Gasteiger charge is 2.55. The van der Waals surface area contributed by atoms with E-state index in [1.807, 2.05) is 19.1 Å². The number of esters is 1. The lowest BCUT2D eigenvalue weighted by molar-refractivity contribution is -0.156. The number of aryl methyl sites for hydroxylation is 1. The highest BCUT2D eigenvalue weighted by Crippen LogP contribution is 2.47. The fraction of sp³-hybridized carbons (Fsp3) is 0.520. The molecule has 0 saturated carbocycles. The van der Waals surface area contributed by atoms with Gasteiger partial charge in [0.2, 0.25) is 5.91 Å². The van der Waals surface area contributed by atoms with E-state index in [-0.39, 0.29) is 25.0 Å². The van der Waals surface area contributed by atoms with Gasteiger partial charge in [-0.2, -0.15) is 0 Å². The Hall–Kier alpha value is -2.11. The maximum absolute atomic E-state index is 12.5. The fourth-order valence-electron chi connectivity index (χ4n) is 3.87. The third kappa shape index (κ3) is 7.06. The zero-order valence-corrected chi connectivity index (χ0v) is 23.3. The molecule has 2 heterocycles. The molecule has 1 saturated heterocycles. The molecule has 3 N–H and O–H groups in total. The van der Waals surface area contributed by atoms with E-state index in [0.717, 1.165) is 5.56 Å². The summed E-state index contributed by atoms with van der Waals surface area (Å²) in [4.78, 5) is 26.2. The summed E-state index contributed by atoms with van der Waals surface area (Å²) < 4.78 is 23.2. The summed E-state index contributed by atoms with van der Waals surface area (Å²) in [5.74, 6) is -0.387. The van der Waals surface area contributed by atoms with Crippen molar-refractivity contribution in [2.24, 2.45) is 0 Å². The summed E-state index contributed by atoms with van der Waals surface area (Å²) in [5.41, 5.74) is -0.366. The van der Waals surface area contributed by atoms with Gasteiger partial charge in [0, 0.05) is 6.20 Å². The van der Waals surface area contributed by atoms with Crippen molar-refractivity contribution >= 4 is 30.3 Å². The molecule has 2 aliphatic rings. The van der Waals surface area contributed by atoms with E-state index in [2.05, 4.69) is 11.7 Å². The number of rotatable bonds is 10. The molecule has 0 aromatic heterocycles. The minimum absolute atomic E-state index is 0.0725. The first-order chi connectivity index (χ1) is 17.2. The smallest absolute Gasteiger partial charge is 0.323 e. The highest BCUT2D eigenvalue weighted by atomic mass is 32.5. The van der Waals surface area contributed by atoms with E-state index < -0.39 is 42.7 Å². The number of para-hydroxylation sites is 1. The molecule has 6 atom stereocenters. The quantitative estimate of drug-likeness (QED) is 0.294. The number of hydrogen-bond acceptors (Lipinski definition) is 9. The van der Waals surface area contributed by atoms with Crippen LogP contribution in [0.15, 0.2) is 48.7 Å². The fourth-order valence-corrected chi connectivity index (χ4v) is 6.34. The largest absolute Gasteiger partial charge is 0.462 e. The van der Waals surface area contributed by atoms with E-state index in [4.69, 9.17) is 30.3 Å². The Bertz CT molecular complexity index is 1110. The molecular weight excluding hydrogens is 519 g/mol. The number of benzene rings is 1. The lowest BCUT2D eigenvalue weighted by atomic mass is 9.95. The van der Waals surface area contributed by atoms with Gasteiger partial charge in [0.25, 0.3) is 0 Å². The monoisotopic (exact) mass is 554 g/mol. The first-order valence-electron chi connectivity index (χ1n) is 11.9. The van der Waals surface area contributed by atoms with Crippen molar-refractivity contribution in [3.63, 3.8) is 0 Å². The maximum atomic E-state index is 12.5. The standard InChI is InChI=1S/C25H35N2O8PS/c1-15(2)33-23(30)18(5)26-36(37,35-19-10-8-7-9-17(19)4)32-14-20-22(29)25(6,31)24(34-20)27-12-11-16(3)13-21(27)28/h7-12,15,18,20,22,24,29,31H,3,13-14H2,1-2,4-6H3,(H,26,37)/t18?,20-,22-,24-,25-,36?/m1/s1. The molecule has 1 aromatic rings. The molecule has 0 bridgehead atoms. The van der Waals surface area contributed by atoms with Gasteiger partial charge in [0.15, 0.2) is 6.23 Å². The Morgan fingerprint density at radius 3 is 2.68 bits per heavy atom. The van der Waals surface area contributed by atoms with Crippen molar-refractivity contribution in [1.29, 1.82) is 0 Å². The third-order valence-electron chi connectivity index (χ3n) is 5.92. The number of hydrogen-bond donors (Lipinski definition) is 3. The topological polar surface area (TPSA) is 127 Å². The first-order valence-corrected chi connectivity index (χ1v) is 14.6. The van der Waals surface area contributed by atoms with E-state index in [1.54, 1.807) is 39.0 Å². The van der Waals surface area contributed by atoms with Gasteiger partial charge in [-0.25, -0.2) is 5.09 Å². The molecule has 1 fully saturated rings. The Balaban J connectivity index is 1.79. The molecule has 2 unspecified atom stereocenters. The molecule has 204 valence electrons. The van der Waals surface area contributed by atoms with Gasteiger partial charge in [-0.15, -0.1) is 0 Å². The van der Waals surface area contributed by atoms with Crippen LogP contribution in [0.4, 0.5) is 0 Å². The Labute approximate surface area is 222 Å². The zero-order valence-electron chi connectivity index (χ0n) is 21.6. The molecule has 1 aromatic carbocycles. The lowest BCUT2D eigenvalue weighted by Crippen LogP contribution is -2.53. The summed E-state index contributed by atoms with van der Waals surface area (Å²) in [5, 5.41) is 24.8. The van der Waals surface area contributed by atoms with Gasteiger partial charge < -0.3 is 28.7 Å². The van der Waals surface area contributed by atoms with Crippen molar-refractivity contribution in [1.82, 2.24) is 9.99 Å². The normalized spacial score (nSPS) is 28.3. The lowest BCUT2D eigenvalue weighted by Gasteiger charge is -2.35. The van der Waals surface area contributed by atoms with Crippen LogP contribution in [0.5, 0.6) is 5.75 Å². The summed E-state index contributed by atoms with van der Waals surface area (Å²) in [6, 6.07) is 6.34. The molecule has 0 radical (unpaired) electrons. The van der Waals surface area contributed by atoms with Crippen molar-refractivity contribution in [2.75, 3.05) is 6.61 Å². The second kappa shape index (κ2) is 11.7. The van der Waals surface area contributed by atoms with Crippen LogP contribution in [0.3, 0.4) is 0 Å². The minimum Gasteiger partial charge on any atom is -0.462 e. The molecule has 37 heavy (non-hydrogen) atoms. The zero-order chi connectivity index (χ0) is 27.5. The Kier molecular flexibility index (Phi) is 9.34. The predicted molar refractivity (Wildman–Crippen MR) is 141 cm³/mol. The number of nitrogens with zero attached hydrogens (tertiary/aromatic N) is 1. The maximum Gasteiger partial charge on any atom is 0.323 e. The van der Waals surface area contributed by atoms with E-state index in [9.17, 15) is 19.8 Å². The highest BCUT2D eigenvalue weighted by molar-refractivity contribution is 8.09. The first kappa shape index (κ1) is 29.4. The molecular formula is C25H35N2O8PS. The van der Waals surface area contributed by atoms with Gasteiger partial charge in [-0.3, -0.25) is 14.5 Å². The number of carbonyl (C=O) groups excluding carboxylic acids is 2. The number of allylic oxidation sites excluding steroid dienone is 1. The van der Waals surface area contributed by atoms with Crippen LogP contribution in [-0.2, 0) is 35.4 Å². The number of nitrogens with one attached hydrogen (secondary N) is 1. The number of carbonyl (C=O) groups is 2. The average Bonchev–Trinajstić information content (AvgIpc) is 3.02. The van der Waals surface area contributed by atoms with Crippen molar-refractivity contribution in [3.05, 3.63) is 54.3 Å². The van der Waals surface area contributed by atoms with Gasteiger partial charge in [0.1, 0.15) is 29.6 Å². The van der Waals surface area contributed by atoms with Crippen LogP contribution < -0.4 is 9.61 Å². The molecule has 12 heteroatoms. The van der Waals surface area contributed by atoms with Crippen LogP contribution in [0.1, 0.15) is 39.7 Å². The van der Waals surface area contributed by atoms with Gasteiger partial charge >= 0.3 is 12.6 Å². The van der Waals surface area contributed by atoms with Gasteiger partial charge in [-0.1, -0.05) is 24.8 Å². The SMILES string of the molecule is C=C1C=CN([C@@H]2O[C@H](COP(=S)(NC(C)C(=O)OC(C)C)Oc3ccccc3C)[C@@H](O)[C@@]2(C)O)C(=O)C1. The second-order valence-electron chi connectivity index (χ2n) is 9.64.